The molecule has 2 aromatic rings. The van der Waals surface area contributed by atoms with Crippen molar-refractivity contribution in [2.75, 3.05) is 0 Å². The quantitative estimate of drug-likeness (QED) is 0.486. The summed E-state index contributed by atoms with van der Waals surface area (Å²) in [5.41, 5.74) is 0.0418. The molecule has 0 aliphatic carbocycles. The van der Waals surface area contributed by atoms with Crippen LogP contribution in [0.15, 0.2) is 29.6 Å². The van der Waals surface area contributed by atoms with Crippen molar-refractivity contribution in [3.05, 3.63) is 35.2 Å². The Labute approximate surface area is 116 Å². The molecular formula is C15H16O3S. The Kier molecular flexibility index (Phi) is 3.71. The summed E-state index contributed by atoms with van der Waals surface area (Å²) >= 11 is 1.51. The van der Waals surface area contributed by atoms with E-state index < -0.39 is 11.6 Å². The van der Waals surface area contributed by atoms with E-state index in [2.05, 4.69) is 0 Å². The molecule has 0 aliphatic rings. The lowest BCUT2D eigenvalue weighted by atomic mass is 10.1. The van der Waals surface area contributed by atoms with Gasteiger partial charge >= 0.3 is 5.97 Å². The van der Waals surface area contributed by atoms with E-state index in [0.717, 1.165) is 10.1 Å². The third-order valence-corrected chi connectivity index (χ3v) is 3.47. The van der Waals surface area contributed by atoms with Crippen LogP contribution in [0.4, 0.5) is 0 Å². The third kappa shape index (κ3) is 3.41. The molecule has 0 aliphatic heterocycles. The maximum atomic E-state index is 12.1. The second-order valence-corrected chi connectivity index (χ2v) is 6.24. The second kappa shape index (κ2) is 5.13. The molecule has 1 heterocycles. The number of carbonyl (C=O) groups excluding carboxylic acids is 2. The zero-order chi connectivity index (χ0) is 14.0. The van der Waals surface area contributed by atoms with Gasteiger partial charge in [-0.05, 0) is 26.8 Å². The fourth-order valence-electron chi connectivity index (χ4n) is 1.80. The molecule has 0 N–H and O–H groups in total. The van der Waals surface area contributed by atoms with Crippen molar-refractivity contribution in [1.29, 1.82) is 0 Å². The van der Waals surface area contributed by atoms with Gasteiger partial charge in [0.05, 0.1) is 0 Å². The summed E-state index contributed by atoms with van der Waals surface area (Å²) in [7, 11) is 0. The van der Waals surface area contributed by atoms with Crippen LogP contribution in [0.5, 0.6) is 0 Å². The highest BCUT2D eigenvalue weighted by Gasteiger charge is 2.21. The minimum Gasteiger partial charge on any atom is -0.460 e. The first-order chi connectivity index (χ1) is 8.87. The SMILES string of the molecule is CC(C)(C)OC(=O)CC(=O)c1csc2ccccc12. The first-order valence-electron chi connectivity index (χ1n) is 6.08. The smallest absolute Gasteiger partial charge is 0.314 e. The molecule has 0 bridgehead atoms. The van der Waals surface area contributed by atoms with Crippen molar-refractivity contribution in [1.82, 2.24) is 0 Å². The number of hydrogen-bond acceptors (Lipinski definition) is 4. The monoisotopic (exact) mass is 276 g/mol. The Hall–Kier alpha value is -1.68. The lowest BCUT2D eigenvalue weighted by molar-refractivity contribution is -0.153. The predicted octanol–water partition coefficient (Wildman–Crippen LogP) is 3.82. The molecular weight excluding hydrogens is 260 g/mol. The first kappa shape index (κ1) is 13.7. The summed E-state index contributed by atoms with van der Waals surface area (Å²) in [4.78, 5) is 23.8. The summed E-state index contributed by atoms with van der Waals surface area (Å²) in [6.45, 7) is 5.36. The van der Waals surface area contributed by atoms with E-state index in [4.69, 9.17) is 4.74 Å². The average molecular weight is 276 g/mol. The lowest BCUT2D eigenvalue weighted by Crippen LogP contribution is -2.25. The molecule has 1 aromatic carbocycles. The largest absolute Gasteiger partial charge is 0.460 e. The molecule has 0 saturated carbocycles. The number of ether oxygens (including phenoxy) is 1. The van der Waals surface area contributed by atoms with Crippen LogP contribution in [0, 0.1) is 0 Å². The van der Waals surface area contributed by atoms with Gasteiger partial charge in [-0.2, -0.15) is 0 Å². The molecule has 3 nitrogen and oxygen atoms in total. The molecule has 0 saturated heterocycles. The van der Waals surface area contributed by atoms with Gasteiger partial charge in [0.25, 0.3) is 0 Å². The fraction of sp³-hybridized carbons (Fsp3) is 0.333. The zero-order valence-corrected chi connectivity index (χ0v) is 12.0. The van der Waals surface area contributed by atoms with Crippen molar-refractivity contribution < 1.29 is 14.3 Å². The molecule has 0 unspecified atom stereocenters. The van der Waals surface area contributed by atoms with Crippen molar-refractivity contribution in [3.8, 4) is 0 Å². The Balaban J connectivity index is 2.14. The van der Waals surface area contributed by atoms with E-state index in [1.54, 1.807) is 26.2 Å². The predicted molar refractivity (Wildman–Crippen MR) is 76.6 cm³/mol. The minimum absolute atomic E-state index is 0.188. The Morgan fingerprint density at radius 3 is 2.58 bits per heavy atom. The summed E-state index contributed by atoms with van der Waals surface area (Å²) in [6, 6.07) is 7.68. The highest BCUT2D eigenvalue weighted by molar-refractivity contribution is 7.17. The van der Waals surface area contributed by atoms with Gasteiger partial charge in [-0.3, -0.25) is 9.59 Å². The van der Waals surface area contributed by atoms with Gasteiger partial charge in [-0.15, -0.1) is 11.3 Å². The Bertz CT molecular complexity index is 620. The van der Waals surface area contributed by atoms with E-state index >= 15 is 0 Å². The van der Waals surface area contributed by atoms with Crippen molar-refractivity contribution >= 4 is 33.2 Å². The molecule has 0 atom stereocenters. The summed E-state index contributed by atoms with van der Waals surface area (Å²) in [5.74, 6) is -0.667. The van der Waals surface area contributed by atoms with Gasteiger partial charge in [0.2, 0.25) is 0 Å². The summed E-state index contributed by atoms with van der Waals surface area (Å²) in [5, 5.41) is 2.71. The van der Waals surface area contributed by atoms with Crippen molar-refractivity contribution in [2.24, 2.45) is 0 Å². The standard InChI is InChI=1S/C15H16O3S/c1-15(2,3)18-14(17)8-12(16)11-9-19-13-7-5-4-6-10(11)13/h4-7,9H,8H2,1-3H3. The molecule has 19 heavy (non-hydrogen) atoms. The Morgan fingerprint density at radius 1 is 1.21 bits per heavy atom. The van der Waals surface area contributed by atoms with E-state index in [1.807, 2.05) is 24.3 Å². The molecule has 0 spiro atoms. The molecule has 0 radical (unpaired) electrons. The molecule has 0 fully saturated rings. The maximum Gasteiger partial charge on any atom is 0.314 e. The van der Waals surface area contributed by atoms with Crippen LogP contribution in [0.1, 0.15) is 37.6 Å². The number of hydrogen-bond donors (Lipinski definition) is 0. The van der Waals surface area contributed by atoms with Crippen LogP contribution in [0.25, 0.3) is 10.1 Å². The molecule has 100 valence electrons. The number of ketones is 1. The van der Waals surface area contributed by atoms with E-state index in [9.17, 15) is 9.59 Å². The van der Waals surface area contributed by atoms with Crippen LogP contribution >= 0.6 is 11.3 Å². The first-order valence-corrected chi connectivity index (χ1v) is 6.96. The van der Waals surface area contributed by atoms with E-state index in [1.165, 1.54) is 11.3 Å². The number of benzene rings is 1. The van der Waals surface area contributed by atoms with Crippen molar-refractivity contribution in [3.63, 3.8) is 0 Å². The van der Waals surface area contributed by atoms with Crippen LogP contribution in [-0.2, 0) is 9.53 Å². The average Bonchev–Trinajstić information content (AvgIpc) is 2.69. The Morgan fingerprint density at radius 2 is 1.89 bits per heavy atom. The molecule has 2 rings (SSSR count). The summed E-state index contributed by atoms with van der Waals surface area (Å²) < 4.78 is 6.21. The van der Waals surface area contributed by atoms with Crippen LogP contribution in [0.2, 0.25) is 0 Å². The van der Waals surface area contributed by atoms with Gasteiger partial charge in [0, 0.05) is 21.0 Å². The third-order valence-electron chi connectivity index (χ3n) is 2.51. The van der Waals surface area contributed by atoms with Crippen LogP contribution < -0.4 is 0 Å². The number of fused-ring (bicyclic) bond motifs is 1. The lowest BCUT2D eigenvalue weighted by Gasteiger charge is -2.19. The van der Waals surface area contributed by atoms with Gasteiger partial charge in [-0.25, -0.2) is 0 Å². The van der Waals surface area contributed by atoms with Crippen LogP contribution in [0.3, 0.4) is 0 Å². The molecule has 0 amide bonds. The minimum atomic E-state index is -0.561. The number of esters is 1. The second-order valence-electron chi connectivity index (χ2n) is 5.33. The van der Waals surface area contributed by atoms with E-state index in [-0.39, 0.29) is 12.2 Å². The van der Waals surface area contributed by atoms with Gasteiger partial charge in [0.15, 0.2) is 5.78 Å². The molecule has 4 heteroatoms. The zero-order valence-electron chi connectivity index (χ0n) is 11.2. The van der Waals surface area contributed by atoms with Gasteiger partial charge in [0.1, 0.15) is 12.0 Å². The van der Waals surface area contributed by atoms with Gasteiger partial charge in [-0.1, -0.05) is 18.2 Å². The van der Waals surface area contributed by atoms with Gasteiger partial charge < -0.3 is 4.74 Å². The molecule has 1 aromatic heterocycles. The number of rotatable bonds is 3. The topological polar surface area (TPSA) is 43.4 Å². The maximum absolute atomic E-state index is 12.1. The number of thiophene rings is 1. The number of Topliss-reactive ketones (excluding diaryl/α,β-unsaturated/α-hetero) is 1. The normalized spacial score (nSPS) is 11.5. The number of carbonyl (C=O) groups is 2. The van der Waals surface area contributed by atoms with Crippen LogP contribution in [-0.4, -0.2) is 17.4 Å². The fourth-order valence-corrected chi connectivity index (χ4v) is 2.76. The highest BCUT2D eigenvalue weighted by Crippen LogP contribution is 2.26. The highest BCUT2D eigenvalue weighted by atomic mass is 32.1. The van der Waals surface area contributed by atoms with Crippen molar-refractivity contribution in [2.45, 2.75) is 32.8 Å². The summed E-state index contributed by atoms with van der Waals surface area (Å²) in [6.07, 6.45) is -0.210. The van der Waals surface area contributed by atoms with E-state index in [0.29, 0.717) is 5.56 Å².